The van der Waals surface area contributed by atoms with Gasteiger partial charge in [-0.1, -0.05) is 41.9 Å². The minimum atomic E-state index is -0.245. The standard InChI is InChI=1S/C25H19ClN4O2S/c26-16-11-9-15(10-12-16)13-29-19-7-3-1-5-17(19)22(25(29)32)28-30-14-27-23-21(24(30)31)18-6-2-4-8-20(18)33-23/h1,3,5,7,9-12,14H,2,4,6,8,13H2. The largest absolute Gasteiger partial charge is 0.302 e. The van der Waals surface area contributed by atoms with Gasteiger partial charge in [0.15, 0.2) is 5.71 Å². The van der Waals surface area contributed by atoms with Crippen LogP contribution in [0.25, 0.3) is 10.2 Å². The summed E-state index contributed by atoms with van der Waals surface area (Å²) in [5, 5.41) is 5.81. The zero-order valence-electron chi connectivity index (χ0n) is 17.6. The second-order valence-corrected chi connectivity index (χ2v) is 9.79. The molecule has 8 heteroatoms. The van der Waals surface area contributed by atoms with E-state index in [2.05, 4.69) is 10.1 Å². The summed E-state index contributed by atoms with van der Waals surface area (Å²) in [5.41, 5.74) is 3.56. The van der Waals surface area contributed by atoms with Crippen LogP contribution in [0.15, 0.2) is 64.8 Å². The molecule has 164 valence electrons. The average Bonchev–Trinajstić information content (AvgIpc) is 3.34. The Morgan fingerprint density at radius 1 is 1.03 bits per heavy atom. The third-order valence-corrected chi connectivity index (χ3v) is 7.67. The van der Waals surface area contributed by atoms with Crippen LogP contribution in [0.3, 0.4) is 0 Å². The van der Waals surface area contributed by atoms with Gasteiger partial charge >= 0.3 is 0 Å². The number of nitrogens with zero attached hydrogens (tertiary/aromatic N) is 4. The maximum absolute atomic E-state index is 13.4. The fraction of sp³-hybridized carbons (Fsp3) is 0.200. The maximum atomic E-state index is 13.4. The summed E-state index contributed by atoms with van der Waals surface area (Å²) in [5.74, 6) is -0.245. The smallest absolute Gasteiger partial charge is 0.282 e. The first-order valence-corrected chi connectivity index (χ1v) is 12.1. The first kappa shape index (κ1) is 20.3. The molecule has 0 atom stereocenters. The van der Waals surface area contributed by atoms with E-state index in [1.54, 1.807) is 28.4 Å². The SMILES string of the molecule is O=C1C(=Nn2cnc3sc4c(c3c2=O)CCCC4)c2ccccc2N1Cc1ccc(Cl)cc1. The lowest BCUT2D eigenvalue weighted by molar-refractivity contribution is -0.112. The highest BCUT2D eigenvalue weighted by Crippen LogP contribution is 2.34. The number of benzene rings is 2. The third-order valence-electron chi connectivity index (χ3n) is 6.22. The van der Waals surface area contributed by atoms with E-state index in [0.717, 1.165) is 47.3 Å². The van der Waals surface area contributed by atoms with Gasteiger partial charge in [-0.3, -0.25) is 9.59 Å². The molecular formula is C25H19ClN4O2S. The summed E-state index contributed by atoms with van der Waals surface area (Å²) in [7, 11) is 0. The molecule has 0 radical (unpaired) electrons. The second-order valence-electron chi connectivity index (χ2n) is 8.27. The zero-order valence-corrected chi connectivity index (χ0v) is 19.2. The predicted octanol–water partition coefficient (Wildman–Crippen LogP) is 4.79. The van der Waals surface area contributed by atoms with Gasteiger partial charge < -0.3 is 4.90 Å². The van der Waals surface area contributed by atoms with Crippen LogP contribution in [-0.2, 0) is 24.2 Å². The van der Waals surface area contributed by atoms with Gasteiger partial charge in [-0.25, -0.2) is 4.98 Å². The lowest BCUT2D eigenvalue weighted by Crippen LogP contribution is -2.30. The van der Waals surface area contributed by atoms with Crippen LogP contribution in [-0.4, -0.2) is 21.3 Å². The maximum Gasteiger partial charge on any atom is 0.282 e. The van der Waals surface area contributed by atoms with Crippen LogP contribution >= 0.6 is 22.9 Å². The highest BCUT2D eigenvalue weighted by molar-refractivity contribution is 7.18. The van der Waals surface area contributed by atoms with Crippen LogP contribution in [0.2, 0.25) is 5.02 Å². The molecule has 2 aliphatic rings. The Morgan fingerprint density at radius 3 is 2.67 bits per heavy atom. The van der Waals surface area contributed by atoms with E-state index < -0.39 is 0 Å². The van der Waals surface area contributed by atoms with Crippen LogP contribution in [0, 0.1) is 0 Å². The fourth-order valence-electron chi connectivity index (χ4n) is 4.60. The van der Waals surface area contributed by atoms with Gasteiger partial charge in [0.1, 0.15) is 11.2 Å². The van der Waals surface area contributed by atoms with Crippen LogP contribution in [0.5, 0.6) is 0 Å². The van der Waals surface area contributed by atoms with Gasteiger partial charge in [0.05, 0.1) is 17.6 Å². The first-order valence-electron chi connectivity index (χ1n) is 10.9. The number of anilines is 1. The first-order chi connectivity index (χ1) is 16.1. The molecule has 4 aromatic rings. The van der Waals surface area contributed by atoms with Crippen molar-refractivity contribution in [3.05, 3.63) is 91.8 Å². The lowest BCUT2D eigenvalue weighted by Gasteiger charge is -2.16. The number of aryl methyl sites for hydroxylation is 2. The molecule has 0 saturated carbocycles. The molecular weight excluding hydrogens is 456 g/mol. The Labute approximate surface area is 198 Å². The molecule has 0 saturated heterocycles. The van der Waals surface area contributed by atoms with Crippen molar-refractivity contribution in [2.24, 2.45) is 5.10 Å². The molecule has 2 aromatic heterocycles. The summed E-state index contributed by atoms with van der Waals surface area (Å²) in [6.45, 7) is 0.385. The number of rotatable bonds is 3. The number of amides is 1. The van der Waals surface area contributed by atoms with E-state index >= 15 is 0 Å². The number of hydrogen-bond acceptors (Lipinski definition) is 5. The molecule has 0 fully saturated rings. The van der Waals surface area contributed by atoms with Crippen LogP contribution < -0.4 is 10.5 Å². The minimum absolute atomic E-state index is 0.215. The molecule has 6 nitrogen and oxygen atoms in total. The number of hydrogen-bond donors (Lipinski definition) is 0. The number of fused-ring (bicyclic) bond motifs is 4. The Bertz CT molecular complexity index is 1500. The highest BCUT2D eigenvalue weighted by Gasteiger charge is 2.34. The summed E-state index contributed by atoms with van der Waals surface area (Å²) < 4.78 is 1.22. The molecule has 33 heavy (non-hydrogen) atoms. The van der Waals surface area contributed by atoms with Crippen molar-refractivity contribution >= 4 is 50.5 Å². The summed E-state index contributed by atoms with van der Waals surface area (Å²) in [6, 6.07) is 14.9. The number of halogens is 1. The number of carbonyl (C=O) groups is 1. The number of aromatic nitrogens is 2. The van der Waals surface area contributed by atoms with Gasteiger partial charge in [0, 0.05) is 15.5 Å². The van der Waals surface area contributed by atoms with Crippen LogP contribution in [0.4, 0.5) is 5.69 Å². The second kappa shape index (κ2) is 7.93. The van der Waals surface area contributed by atoms with Crippen molar-refractivity contribution in [3.63, 3.8) is 0 Å². The monoisotopic (exact) mass is 474 g/mol. The third kappa shape index (κ3) is 3.39. The Morgan fingerprint density at radius 2 is 1.82 bits per heavy atom. The number of thiophene rings is 1. The van der Waals surface area contributed by atoms with Crippen LogP contribution in [0.1, 0.15) is 34.4 Å². The van der Waals surface area contributed by atoms with Gasteiger partial charge in [0.25, 0.3) is 11.5 Å². The quantitative estimate of drug-likeness (QED) is 0.428. The van der Waals surface area contributed by atoms with E-state index in [9.17, 15) is 9.59 Å². The molecule has 1 aliphatic carbocycles. The van der Waals surface area contributed by atoms with E-state index in [0.29, 0.717) is 22.5 Å². The summed E-state index contributed by atoms with van der Waals surface area (Å²) >= 11 is 7.61. The predicted molar refractivity (Wildman–Crippen MR) is 132 cm³/mol. The van der Waals surface area contributed by atoms with Crippen molar-refractivity contribution in [2.45, 2.75) is 32.2 Å². The fourth-order valence-corrected chi connectivity index (χ4v) is 5.95. The Balaban J connectivity index is 1.44. The van der Waals surface area contributed by atoms with E-state index in [4.69, 9.17) is 11.6 Å². The molecule has 0 spiro atoms. The van der Waals surface area contributed by atoms with Gasteiger partial charge in [-0.05, 0) is 55.0 Å². The molecule has 2 aromatic carbocycles. The molecule has 1 amide bonds. The molecule has 6 rings (SSSR count). The molecule has 3 heterocycles. The van der Waals surface area contributed by atoms with Crippen molar-refractivity contribution in [3.8, 4) is 0 Å². The minimum Gasteiger partial charge on any atom is -0.302 e. The van der Waals surface area contributed by atoms with Gasteiger partial charge in [-0.2, -0.15) is 9.78 Å². The van der Waals surface area contributed by atoms with E-state index in [1.807, 2.05) is 36.4 Å². The van der Waals surface area contributed by atoms with Crippen molar-refractivity contribution in [2.75, 3.05) is 4.90 Å². The number of carbonyl (C=O) groups excluding carboxylic acids is 1. The van der Waals surface area contributed by atoms with Crippen molar-refractivity contribution in [1.29, 1.82) is 0 Å². The summed E-state index contributed by atoms with van der Waals surface area (Å²) in [4.78, 5) is 35.0. The zero-order chi connectivity index (χ0) is 22.5. The summed E-state index contributed by atoms with van der Waals surface area (Å²) in [6.07, 6.45) is 5.54. The number of para-hydroxylation sites is 1. The Hall–Kier alpha value is -3.29. The highest BCUT2D eigenvalue weighted by atomic mass is 35.5. The Kier molecular flexibility index (Phi) is 4.89. The van der Waals surface area contributed by atoms with Crippen molar-refractivity contribution < 1.29 is 4.79 Å². The topological polar surface area (TPSA) is 67.6 Å². The normalized spacial score (nSPS) is 16.5. The van der Waals surface area contributed by atoms with Crippen molar-refractivity contribution in [1.82, 2.24) is 9.66 Å². The van der Waals surface area contributed by atoms with E-state index in [-0.39, 0.29) is 17.2 Å². The van der Waals surface area contributed by atoms with E-state index in [1.165, 1.54) is 15.9 Å². The average molecular weight is 475 g/mol. The lowest BCUT2D eigenvalue weighted by atomic mass is 9.97. The molecule has 0 N–H and O–H groups in total. The van der Waals surface area contributed by atoms with Gasteiger partial charge in [-0.15, -0.1) is 11.3 Å². The molecule has 1 aliphatic heterocycles. The molecule has 0 unspecified atom stereocenters. The van der Waals surface area contributed by atoms with Gasteiger partial charge in [0.2, 0.25) is 0 Å². The molecule has 0 bridgehead atoms.